The van der Waals surface area contributed by atoms with Crippen LogP contribution in [0.25, 0.3) is 0 Å². The molecule has 0 saturated heterocycles. The van der Waals surface area contributed by atoms with Gasteiger partial charge in [-0.3, -0.25) is 0 Å². The molecule has 72 valence electrons. The van der Waals surface area contributed by atoms with Crippen molar-refractivity contribution in [1.82, 2.24) is 0 Å². The molecule has 4 aliphatic rings. The van der Waals surface area contributed by atoms with Gasteiger partial charge in [-0.1, -0.05) is 12.7 Å². The molecule has 0 amide bonds. The minimum atomic E-state index is 0.851. The Balaban J connectivity index is 1.83. The van der Waals surface area contributed by atoms with Gasteiger partial charge >= 0.3 is 0 Å². The van der Waals surface area contributed by atoms with Crippen molar-refractivity contribution in [2.75, 3.05) is 0 Å². The van der Waals surface area contributed by atoms with E-state index in [9.17, 15) is 0 Å². The lowest BCUT2D eigenvalue weighted by atomic mass is 9.48. The monoisotopic (exact) mass is 176 g/mol. The molecule has 0 heterocycles. The topological polar surface area (TPSA) is 0 Å². The van der Waals surface area contributed by atoms with Gasteiger partial charge in [0.05, 0.1) is 0 Å². The lowest BCUT2D eigenvalue weighted by Gasteiger charge is -2.57. The van der Waals surface area contributed by atoms with Crippen LogP contribution in [0.4, 0.5) is 0 Å². The first kappa shape index (κ1) is 8.38. The molecule has 4 rings (SSSR count). The first-order valence-corrected chi connectivity index (χ1v) is 6.30. The van der Waals surface area contributed by atoms with Gasteiger partial charge in [0.15, 0.2) is 0 Å². The van der Waals surface area contributed by atoms with E-state index >= 15 is 0 Å². The van der Waals surface area contributed by atoms with Gasteiger partial charge in [-0.15, -0.1) is 0 Å². The molecular formula is C12H21B. The molecule has 1 heteroatoms. The van der Waals surface area contributed by atoms with Crippen molar-refractivity contribution in [3.05, 3.63) is 0 Å². The van der Waals surface area contributed by atoms with Crippen LogP contribution in [0.5, 0.6) is 0 Å². The Hall–Kier alpha value is 0.0649. The molecule has 4 fully saturated rings. The molecule has 0 N–H and O–H groups in total. The van der Waals surface area contributed by atoms with Gasteiger partial charge in [0.1, 0.15) is 7.85 Å². The largest absolute Gasteiger partial charge is 0.101 e. The molecule has 0 unspecified atom stereocenters. The summed E-state index contributed by atoms with van der Waals surface area (Å²) in [4.78, 5) is 0. The average Bonchev–Trinajstić information content (AvgIpc) is 2.00. The van der Waals surface area contributed by atoms with E-state index in [0.29, 0.717) is 0 Å². The van der Waals surface area contributed by atoms with E-state index in [2.05, 4.69) is 7.85 Å². The first-order chi connectivity index (χ1) is 6.30. The number of hydrogen-bond acceptors (Lipinski definition) is 0. The van der Waals surface area contributed by atoms with Crippen molar-refractivity contribution in [3.63, 3.8) is 0 Å². The second-order valence-electron chi connectivity index (χ2n) is 6.17. The molecule has 0 atom stereocenters. The molecule has 13 heavy (non-hydrogen) atoms. The Morgan fingerprint density at radius 1 is 0.923 bits per heavy atom. The third kappa shape index (κ3) is 1.27. The maximum absolute atomic E-state index is 2.37. The van der Waals surface area contributed by atoms with Crippen LogP contribution in [0.3, 0.4) is 0 Å². The Morgan fingerprint density at radius 2 is 1.38 bits per heavy atom. The van der Waals surface area contributed by atoms with Gasteiger partial charge in [0, 0.05) is 0 Å². The fourth-order valence-electron chi connectivity index (χ4n) is 5.13. The zero-order valence-electron chi connectivity index (χ0n) is 8.89. The predicted octanol–water partition coefficient (Wildman–Crippen LogP) is 2.64. The molecule has 0 aromatic rings. The van der Waals surface area contributed by atoms with E-state index in [1.54, 1.807) is 38.5 Å². The quantitative estimate of drug-likeness (QED) is 0.567. The second kappa shape index (κ2) is 2.78. The van der Waals surface area contributed by atoms with Crippen molar-refractivity contribution < 1.29 is 0 Å². The van der Waals surface area contributed by atoms with Crippen LogP contribution >= 0.6 is 0 Å². The van der Waals surface area contributed by atoms with Gasteiger partial charge in [0.25, 0.3) is 0 Å². The van der Waals surface area contributed by atoms with E-state index in [1.165, 1.54) is 12.7 Å². The van der Waals surface area contributed by atoms with E-state index in [-0.39, 0.29) is 0 Å². The van der Waals surface area contributed by atoms with Gasteiger partial charge < -0.3 is 0 Å². The summed E-state index contributed by atoms with van der Waals surface area (Å²) in [6, 6.07) is 0. The average molecular weight is 176 g/mol. The van der Waals surface area contributed by atoms with Crippen LogP contribution < -0.4 is 0 Å². The highest BCUT2D eigenvalue weighted by Crippen LogP contribution is 2.61. The maximum atomic E-state index is 2.37. The Kier molecular flexibility index (Phi) is 1.79. The van der Waals surface area contributed by atoms with Crippen LogP contribution in [0.15, 0.2) is 0 Å². The highest BCUT2D eigenvalue weighted by Gasteiger charge is 2.49. The van der Waals surface area contributed by atoms with Gasteiger partial charge in [-0.05, 0) is 61.7 Å². The smallest absolute Gasteiger partial charge is 0.0805 e. The minimum Gasteiger partial charge on any atom is -0.0805 e. The minimum absolute atomic E-state index is 0.851. The third-order valence-electron chi connectivity index (χ3n) is 4.95. The van der Waals surface area contributed by atoms with E-state index < -0.39 is 0 Å². The van der Waals surface area contributed by atoms with Gasteiger partial charge in [-0.2, -0.15) is 0 Å². The molecule has 0 aromatic heterocycles. The van der Waals surface area contributed by atoms with Crippen LogP contribution in [0.1, 0.15) is 44.9 Å². The lowest BCUT2D eigenvalue weighted by Crippen LogP contribution is -2.45. The maximum Gasteiger partial charge on any atom is 0.101 e. The number of rotatable bonds is 2. The standard InChI is InChI=1S/C12H21B/c13-2-1-12-6-9-3-10(7-12)5-11(4-9)8-12/h9-11H,1-8,13H2. The van der Waals surface area contributed by atoms with Crippen LogP contribution in [0, 0.1) is 23.2 Å². The SMILES string of the molecule is BCCC12CC3CC(CC(C3)C1)C2. The van der Waals surface area contributed by atoms with Gasteiger partial charge in [-0.25, -0.2) is 0 Å². The molecule has 4 saturated carbocycles. The normalized spacial score (nSPS) is 52.8. The second-order valence-corrected chi connectivity index (χ2v) is 6.17. The number of hydrogen-bond donors (Lipinski definition) is 0. The van der Waals surface area contributed by atoms with Crippen molar-refractivity contribution in [2.45, 2.75) is 51.3 Å². The van der Waals surface area contributed by atoms with Crippen LogP contribution in [0.2, 0.25) is 6.32 Å². The lowest BCUT2D eigenvalue weighted by molar-refractivity contribution is -0.0543. The molecule has 0 aromatic carbocycles. The zero-order valence-corrected chi connectivity index (χ0v) is 8.89. The van der Waals surface area contributed by atoms with E-state index in [0.717, 1.165) is 23.2 Å². The summed E-state index contributed by atoms with van der Waals surface area (Å²) in [6.45, 7) is 0. The van der Waals surface area contributed by atoms with Crippen molar-refractivity contribution in [3.8, 4) is 0 Å². The summed E-state index contributed by atoms with van der Waals surface area (Å²) in [7, 11) is 2.37. The molecule has 0 aliphatic heterocycles. The zero-order chi connectivity index (χ0) is 8.89. The van der Waals surface area contributed by atoms with Crippen molar-refractivity contribution >= 4 is 7.85 Å². The van der Waals surface area contributed by atoms with E-state index in [1.807, 2.05) is 0 Å². The molecule has 0 nitrogen and oxygen atoms in total. The fraction of sp³-hybridized carbons (Fsp3) is 1.00. The van der Waals surface area contributed by atoms with E-state index in [4.69, 9.17) is 0 Å². The summed E-state index contributed by atoms with van der Waals surface area (Å²) in [5.74, 6) is 3.45. The Bertz CT molecular complexity index is 174. The molecule has 4 aliphatic carbocycles. The highest BCUT2D eigenvalue weighted by molar-refractivity contribution is 6.08. The van der Waals surface area contributed by atoms with Crippen molar-refractivity contribution in [2.24, 2.45) is 23.2 Å². The van der Waals surface area contributed by atoms with Crippen molar-refractivity contribution in [1.29, 1.82) is 0 Å². The van der Waals surface area contributed by atoms with Gasteiger partial charge in [0.2, 0.25) is 0 Å². The predicted molar refractivity (Wildman–Crippen MR) is 58.6 cm³/mol. The molecule has 0 spiro atoms. The Labute approximate surface area is 82.9 Å². The molecular weight excluding hydrogens is 155 g/mol. The third-order valence-corrected chi connectivity index (χ3v) is 4.95. The summed E-state index contributed by atoms with van der Waals surface area (Å²) < 4.78 is 0. The molecule has 4 bridgehead atoms. The Morgan fingerprint density at radius 3 is 1.77 bits per heavy atom. The summed E-state index contributed by atoms with van der Waals surface area (Å²) >= 11 is 0. The first-order valence-electron chi connectivity index (χ1n) is 6.30. The molecule has 0 radical (unpaired) electrons. The fourth-order valence-corrected chi connectivity index (χ4v) is 5.13. The summed E-state index contributed by atoms with van der Waals surface area (Å²) in [6.07, 6.45) is 12.6. The summed E-state index contributed by atoms with van der Waals surface area (Å²) in [5, 5.41) is 0. The highest BCUT2D eigenvalue weighted by atomic mass is 14.5. The van der Waals surface area contributed by atoms with Crippen LogP contribution in [-0.4, -0.2) is 7.85 Å². The summed E-state index contributed by atoms with van der Waals surface area (Å²) in [5.41, 5.74) is 0.851. The van der Waals surface area contributed by atoms with Crippen LogP contribution in [-0.2, 0) is 0 Å².